The van der Waals surface area contributed by atoms with Crippen LogP contribution in [0.15, 0.2) is 35.3 Å². The molecule has 0 bridgehead atoms. The quantitative estimate of drug-likeness (QED) is 0.756. The highest BCUT2D eigenvalue weighted by Crippen LogP contribution is 2.06. The van der Waals surface area contributed by atoms with E-state index in [1.807, 2.05) is 6.07 Å². The molecule has 17 heavy (non-hydrogen) atoms. The van der Waals surface area contributed by atoms with Crippen LogP contribution in [-0.4, -0.2) is 18.3 Å². The fraction of sp³-hybridized carbons (Fsp3) is 0.385. The third-order valence-corrected chi connectivity index (χ3v) is 2.65. The van der Waals surface area contributed by atoms with Gasteiger partial charge in [-0.1, -0.05) is 24.6 Å². The number of carbonyl (C=O) groups is 1. The first-order chi connectivity index (χ1) is 8.36. The molecule has 4 heteroatoms. The van der Waals surface area contributed by atoms with Gasteiger partial charge in [0.25, 0.3) is 0 Å². The molecular formula is C13H16N2O2. The van der Waals surface area contributed by atoms with Crippen LogP contribution in [0.2, 0.25) is 0 Å². The lowest BCUT2D eigenvalue weighted by Gasteiger charge is -2.07. The Bertz CT molecular complexity index is 401. The molecule has 0 aromatic heterocycles. The summed E-state index contributed by atoms with van der Waals surface area (Å²) >= 11 is 0. The van der Waals surface area contributed by atoms with Crippen molar-refractivity contribution in [2.75, 3.05) is 6.54 Å². The molecule has 0 aliphatic carbocycles. The van der Waals surface area contributed by atoms with Gasteiger partial charge in [-0.3, -0.25) is 4.99 Å². The van der Waals surface area contributed by atoms with Gasteiger partial charge in [-0.15, -0.1) is 0 Å². The van der Waals surface area contributed by atoms with Gasteiger partial charge in [0, 0.05) is 13.0 Å². The molecule has 1 aliphatic rings. The number of rotatable bonds is 1. The molecule has 4 nitrogen and oxygen atoms in total. The smallest absolute Gasteiger partial charge is 0.337 e. The van der Waals surface area contributed by atoms with Crippen molar-refractivity contribution in [2.45, 2.75) is 25.7 Å². The zero-order chi connectivity index (χ0) is 11.9. The van der Waals surface area contributed by atoms with Crippen molar-refractivity contribution in [1.82, 2.24) is 5.48 Å². The first kappa shape index (κ1) is 11.6. The van der Waals surface area contributed by atoms with Gasteiger partial charge in [-0.25, -0.2) is 10.3 Å². The summed E-state index contributed by atoms with van der Waals surface area (Å²) in [7, 11) is 0. The highest BCUT2D eigenvalue weighted by Gasteiger charge is 2.09. The van der Waals surface area contributed by atoms with Crippen molar-refractivity contribution in [2.24, 2.45) is 4.99 Å². The maximum absolute atomic E-state index is 11.6. The number of benzene rings is 1. The number of hydrogen-bond donors (Lipinski definition) is 1. The fourth-order valence-electron chi connectivity index (χ4n) is 1.70. The fourth-order valence-corrected chi connectivity index (χ4v) is 1.70. The third-order valence-electron chi connectivity index (χ3n) is 2.65. The van der Waals surface area contributed by atoms with Gasteiger partial charge in [0.2, 0.25) is 0 Å². The van der Waals surface area contributed by atoms with Crippen molar-refractivity contribution in [3.05, 3.63) is 35.9 Å². The van der Waals surface area contributed by atoms with Crippen molar-refractivity contribution in [3.63, 3.8) is 0 Å². The zero-order valence-electron chi connectivity index (χ0n) is 9.69. The molecule has 0 amide bonds. The molecule has 1 aromatic carbocycles. The molecule has 90 valence electrons. The van der Waals surface area contributed by atoms with E-state index in [1.54, 1.807) is 24.3 Å². The predicted molar refractivity (Wildman–Crippen MR) is 65.8 cm³/mol. The van der Waals surface area contributed by atoms with Crippen LogP contribution in [-0.2, 0) is 4.84 Å². The van der Waals surface area contributed by atoms with Gasteiger partial charge in [0.05, 0.1) is 5.56 Å². The molecular weight excluding hydrogens is 216 g/mol. The summed E-state index contributed by atoms with van der Waals surface area (Å²) in [6, 6.07) is 8.91. The van der Waals surface area contributed by atoms with Crippen molar-refractivity contribution in [3.8, 4) is 0 Å². The highest BCUT2D eigenvalue weighted by molar-refractivity contribution is 5.91. The molecule has 0 radical (unpaired) electrons. The average molecular weight is 232 g/mol. The molecule has 0 atom stereocenters. The lowest BCUT2D eigenvalue weighted by atomic mass is 10.2. The van der Waals surface area contributed by atoms with Gasteiger partial charge in [-0.2, -0.15) is 0 Å². The number of carbonyl (C=O) groups excluding carboxylic acids is 1. The Hall–Kier alpha value is -1.84. The summed E-state index contributed by atoms with van der Waals surface area (Å²) in [4.78, 5) is 21.0. The predicted octanol–water partition coefficient (Wildman–Crippen LogP) is 2.32. The summed E-state index contributed by atoms with van der Waals surface area (Å²) in [6.45, 7) is 0.811. The number of hydrogen-bond acceptors (Lipinski definition) is 4. The van der Waals surface area contributed by atoms with Gasteiger partial charge < -0.3 is 4.84 Å². The van der Waals surface area contributed by atoms with Gasteiger partial charge in [0.15, 0.2) is 0 Å². The Morgan fingerprint density at radius 1 is 1.18 bits per heavy atom. The second kappa shape index (κ2) is 6.03. The van der Waals surface area contributed by atoms with E-state index in [2.05, 4.69) is 10.5 Å². The van der Waals surface area contributed by atoms with E-state index < -0.39 is 0 Å². The van der Waals surface area contributed by atoms with Crippen molar-refractivity contribution >= 4 is 11.8 Å². The number of hydroxylamine groups is 1. The second-order valence-corrected chi connectivity index (χ2v) is 4.00. The molecule has 0 saturated carbocycles. The Morgan fingerprint density at radius 3 is 2.82 bits per heavy atom. The molecule has 0 saturated heterocycles. The Kier molecular flexibility index (Phi) is 4.13. The van der Waals surface area contributed by atoms with E-state index in [1.165, 1.54) is 6.42 Å². The van der Waals surface area contributed by atoms with Crippen LogP contribution in [0.5, 0.6) is 0 Å². The van der Waals surface area contributed by atoms with E-state index in [0.29, 0.717) is 5.56 Å². The van der Waals surface area contributed by atoms with Crippen molar-refractivity contribution in [1.29, 1.82) is 0 Å². The summed E-state index contributed by atoms with van der Waals surface area (Å²) < 4.78 is 0. The van der Waals surface area contributed by atoms with Gasteiger partial charge in [0.1, 0.15) is 5.84 Å². The molecule has 0 spiro atoms. The largest absolute Gasteiger partial charge is 0.362 e. The standard InChI is InChI=1S/C13H16N2O2/c16-13(11-7-3-1-4-8-11)17-15-12-9-5-2-6-10-14-12/h1,3-4,7-8H,2,5-6,9-10H2,(H,14,15). The van der Waals surface area contributed by atoms with Crippen LogP contribution in [0, 0.1) is 0 Å². The van der Waals surface area contributed by atoms with Gasteiger partial charge >= 0.3 is 5.97 Å². The van der Waals surface area contributed by atoms with Gasteiger partial charge in [-0.05, 0) is 25.0 Å². The molecule has 0 fully saturated rings. The van der Waals surface area contributed by atoms with E-state index in [-0.39, 0.29) is 5.97 Å². The van der Waals surface area contributed by atoms with Crippen LogP contribution in [0.25, 0.3) is 0 Å². The number of nitrogens with one attached hydrogen (secondary N) is 1. The molecule has 0 unspecified atom stereocenters. The maximum atomic E-state index is 11.6. The van der Waals surface area contributed by atoms with E-state index in [9.17, 15) is 4.79 Å². The van der Waals surface area contributed by atoms with E-state index >= 15 is 0 Å². The monoisotopic (exact) mass is 232 g/mol. The topological polar surface area (TPSA) is 50.7 Å². The van der Waals surface area contributed by atoms with E-state index in [4.69, 9.17) is 4.84 Å². The molecule has 2 rings (SSSR count). The summed E-state index contributed by atoms with van der Waals surface area (Å²) in [5, 5.41) is 0. The lowest BCUT2D eigenvalue weighted by Crippen LogP contribution is -2.27. The van der Waals surface area contributed by atoms with Crippen molar-refractivity contribution < 1.29 is 9.63 Å². The van der Waals surface area contributed by atoms with Crippen LogP contribution in [0.1, 0.15) is 36.0 Å². The summed E-state index contributed by atoms with van der Waals surface area (Å²) in [5.41, 5.74) is 3.20. The van der Waals surface area contributed by atoms with Crippen LogP contribution in [0.3, 0.4) is 0 Å². The third kappa shape index (κ3) is 3.59. The molecule has 1 heterocycles. The van der Waals surface area contributed by atoms with E-state index in [0.717, 1.165) is 31.6 Å². The number of amidine groups is 1. The Balaban J connectivity index is 1.85. The molecule has 1 aliphatic heterocycles. The number of aliphatic imine (C=N–C) groups is 1. The summed E-state index contributed by atoms with van der Waals surface area (Å²) in [6.07, 6.45) is 4.23. The lowest BCUT2D eigenvalue weighted by molar-refractivity contribution is 0.0382. The average Bonchev–Trinajstić information content (AvgIpc) is 2.65. The minimum Gasteiger partial charge on any atom is -0.337 e. The minimum atomic E-state index is -0.377. The normalized spacial score (nSPS) is 15.6. The summed E-state index contributed by atoms with van der Waals surface area (Å²) in [5.74, 6) is 0.393. The Morgan fingerprint density at radius 2 is 2.00 bits per heavy atom. The Labute approximate surface area is 101 Å². The first-order valence-electron chi connectivity index (χ1n) is 5.92. The SMILES string of the molecule is O=C(ONC1=NCCCCC1)c1ccccc1. The highest BCUT2D eigenvalue weighted by atomic mass is 16.7. The second-order valence-electron chi connectivity index (χ2n) is 4.00. The van der Waals surface area contributed by atoms with Crippen LogP contribution >= 0.6 is 0 Å². The zero-order valence-corrected chi connectivity index (χ0v) is 9.69. The minimum absolute atomic E-state index is 0.377. The maximum Gasteiger partial charge on any atom is 0.362 e. The van der Waals surface area contributed by atoms with Crippen LogP contribution in [0.4, 0.5) is 0 Å². The van der Waals surface area contributed by atoms with Crippen LogP contribution < -0.4 is 5.48 Å². The molecule has 1 N–H and O–H groups in total. The molecule has 1 aromatic rings. The first-order valence-corrected chi connectivity index (χ1v) is 5.92. The number of nitrogens with zero attached hydrogens (tertiary/aromatic N) is 1.